The quantitative estimate of drug-likeness (QED) is 0.405. The van der Waals surface area contributed by atoms with E-state index >= 15 is 0 Å². The van der Waals surface area contributed by atoms with Gasteiger partial charge in [0.15, 0.2) is 0 Å². The Balaban J connectivity index is 1.71. The number of carbonyl (C=O) groups excluding carboxylic acids is 2. The molecule has 6 nitrogen and oxygen atoms in total. The van der Waals surface area contributed by atoms with Crippen molar-refractivity contribution in [2.24, 2.45) is 10.4 Å². The predicted octanol–water partition coefficient (Wildman–Crippen LogP) is 5.22. The van der Waals surface area contributed by atoms with Crippen molar-refractivity contribution in [3.8, 4) is 0 Å². The minimum Gasteiger partial charge on any atom is -0.396 e. The van der Waals surface area contributed by atoms with E-state index in [0.29, 0.717) is 29.4 Å². The number of nitrogens with zero attached hydrogens (tertiary/aromatic N) is 3. The molecule has 1 heterocycles. The molecule has 2 atom stereocenters. The van der Waals surface area contributed by atoms with Crippen molar-refractivity contribution in [2.45, 2.75) is 38.8 Å². The molecule has 0 aromatic heterocycles. The Hall–Kier alpha value is -3.48. The lowest BCUT2D eigenvalue weighted by atomic mass is 9.84. The fourth-order valence-electron chi connectivity index (χ4n) is 4.75. The minimum atomic E-state index is -0.892. The van der Waals surface area contributed by atoms with Crippen molar-refractivity contribution in [3.05, 3.63) is 101 Å². The molecule has 0 spiro atoms. The summed E-state index contributed by atoms with van der Waals surface area (Å²) < 4.78 is 0. The second-order valence-corrected chi connectivity index (χ2v) is 10.8. The van der Waals surface area contributed by atoms with E-state index in [2.05, 4.69) is 0 Å². The normalized spacial score (nSPS) is 16.1. The molecule has 0 bridgehead atoms. The summed E-state index contributed by atoms with van der Waals surface area (Å²) in [6.45, 7) is 3.89. The molecular weight excluding hydrogens is 498 g/mol. The van der Waals surface area contributed by atoms with Crippen LogP contribution in [0, 0.1) is 5.41 Å². The molecule has 3 aromatic carbocycles. The minimum absolute atomic E-state index is 0.158. The topological polar surface area (TPSA) is 73.2 Å². The van der Waals surface area contributed by atoms with Gasteiger partial charge >= 0.3 is 0 Å². The average molecular weight is 532 g/mol. The number of halogens is 1. The summed E-state index contributed by atoms with van der Waals surface area (Å²) in [5.74, 6) is -0.414. The summed E-state index contributed by atoms with van der Waals surface area (Å²) in [7, 11) is 1.71. The van der Waals surface area contributed by atoms with Gasteiger partial charge in [-0.15, -0.1) is 0 Å². The molecule has 2 unspecified atom stereocenters. The molecule has 1 aliphatic rings. The van der Waals surface area contributed by atoms with Gasteiger partial charge < -0.3 is 14.9 Å². The number of hydrogen-bond donors (Lipinski definition) is 1. The van der Waals surface area contributed by atoms with E-state index in [9.17, 15) is 14.7 Å². The standard InChI is InChI=1S/C31H34ClN3O3/c1-31(2,21-36)28(33-27(22-11-6-4-7-12-22)23-13-8-5-9-14-23)30(38)35-20-10-15-26(35)29(37)34(3)25-18-16-24(32)17-19-25/h4-9,11-14,16-19,26,28,36H,10,15,20-21H2,1-3H3. The fourth-order valence-corrected chi connectivity index (χ4v) is 4.87. The van der Waals surface area contributed by atoms with Crippen molar-refractivity contribution >= 4 is 34.8 Å². The second-order valence-electron chi connectivity index (χ2n) is 10.3. The maximum Gasteiger partial charge on any atom is 0.249 e. The number of rotatable bonds is 8. The van der Waals surface area contributed by atoms with Crippen LogP contribution >= 0.6 is 11.6 Å². The van der Waals surface area contributed by atoms with Crippen LogP contribution in [0.5, 0.6) is 0 Å². The number of hydrogen-bond acceptors (Lipinski definition) is 4. The number of amides is 2. The van der Waals surface area contributed by atoms with Crippen LogP contribution in [-0.4, -0.2) is 59.8 Å². The van der Waals surface area contributed by atoms with Gasteiger partial charge in [-0.05, 0) is 37.1 Å². The number of aliphatic hydroxyl groups is 1. The first-order valence-electron chi connectivity index (χ1n) is 12.9. The Bertz CT molecular complexity index is 1240. The van der Waals surface area contributed by atoms with Crippen LogP contribution < -0.4 is 4.90 Å². The van der Waals surface area contributed by atoms with Crippen LogP contribution in [0.2, 0.25) is 5.02 Å². The highest BCUT2D eigenvalue weighted by atomic mass is 35.5. The van der Waals surface area contributed by atoms with Gasteiger partial charge in [-0.3, -0.25) is 14.6 Å². The Morgan fingerprint density at radius 3 is 2.08 bits per heavy atom. The van der Waals surface area contributed by atoms with E-state index in [1.54, 1.807) is 41.1 Å². The molecule has 2 amide bonds. The van der Waals surface area contributed by atoms with Crippen LogP contribution in [0.3, 0.4) is 0 Å². The molecule has 3 aromatic rings. The third-order valence-electron chi connectivity index (χ3n) is 7.10. The molecule has 38 heavy (non-hydrogen) atoms. The van der Waals surface area contributed by atoms with Crippen molar-refractivity contribution in [3.63, 3.8) is 0 Å². The Labute approximate surface area is 229 Å². The Morgan fingerprint density at radius 2 is 1.55 bits per heavy atom. The lowest BCUT2D eigenvalue weighted by molar-refractivity contribution is -0.141. The second kappa shape index (κ2) is 11.9. The van der Waals surface area contributed by atoms with Crippen molar-refractivity contribution in [2.75, 3.05) is 25.1 Å². The first kappa shape index (κ1) is 27.6. The van der Waals surface area contributed by atoms with Crippen LogP contribution in [0.4, 0.5) is 5.69 Å². The van der Waals surface area contributed by atoms with E-state index in [0.717, 1.165) is 17.5 Å². The number of likely N-dealkylation sites (tertiary alicyclic amines) is 1. The van der Waals surface area contributed by atoms with E-state index in [1.165, 1.54) is 0 Å². The van der Waals surface area contributed by atoms with Gasteiger partial charge in [0, 0.05) is 40.8 Å². The number of carbonyl (C=O) groups is 2. The molecule has 7 heteroatoms. The number of anilines is 1. The molecule has 4 rings (SSSR count). The van der Waals surface area contributed by atoms with Crippen molar-refractivity contribution < 1.29 is 14.7 Å². The van der Waals surface area contributed by atoms with Gasteiger partial charge in [-0.1, -0.05) is 86.1 Å². The zero-order chi connectivity index (χ0) is 27.3. The first-order chi connectivity index (χ1) is 18.2. The molecule has 1 aliphatic heterocycles. The monoisotopic (exact) mass is 531 g/mol. The average Bonchev–Trinajstić information content (AvgIpc) is 3.44. The van der Waals surface area contributed by atoms with Gasteiger partial charge in [-0.25, -0.2) is 0 Å². The highest BCUT2D eigenvalue weighted by Gasteiger charge is 2.43. The maximum absolute atomic E-state index is 14.2. The summed E-state index contributed by atoms with van der Waals surface area (Å²) >= 11 is 6.02. The van der Waals surface area contributed by atoms with Crippen LogP contribution in [0.15, 0.2) is 89.9 Å². The van der Waals surface area contributed by atoms with Gasteiger partial charge in [0.05, 0.1) is 12.3 Å². The molecule has 1 N–H and O–H groups in total. The summed E-state index contributed by atoms with van der Waals surface area (Å²) in [6.07, 6.45) is 1.29. The highest BCUT2D eigenvalue weighted by Crippen LogP contribution is 2.31. The Morgan fingerprint density at radius 1 is 1.00 bits per heavy atom. The lowest BCUT2D eigenvalue weighted by Crippen LogP contribution is -2.53. The largest absolute Gasteiger partial charge is 0.396 e. The van der Waals surface area contributed by atoms with E-state index < -0.39 is 17.5 Å². The van der Waals surface area contributed by atoms with Crippen LogP contribution in [0.25, 0.3) is 0 Å². The summed E-state index contributed by atoms with van der Waals surface area (Å²) in [6, 6.07) is 25.0. The summed E-state index contributed by atoms with van der Waals surface area (Å²) in [4.78, 5) is 36.0. The molecule has 0 radical (unpaired) electrons. The number of aliphatic imine (C=N–C) groups is 1. The molecule has 0 aliphatic carbocycles. The predicted molar refractivity (Wildman–Crippen MR) is 153 cm³/mol. The van der Waals surface area contributed by atoms with Gasteiger partial charge in [0.2, 0.25) is 11.8 Å². The Kier molecular flexibility index (Phi) is 8.65. The van der Waals surface area contributed by atoms with E-state index in [1.807, 2.05) is 74.5 Å². The molecule has 1 fully saturated rings. The molecule has 198 valence electrons. The van der Waals surface area contributed by atoms with Gasteiger partial charge in [-0.2, -0.15) is 0 Å². The van der Waals surface area contributed by atoms with Crippen LogP contribution in [0.1, 0.15) is 37.8 Å². The van der Waals surface area contributed by atoms with Crippen LogP contribution in [-0.2, 0) is 9.59 Å². The number of benzene rings is 3. The summed E-state index contributed by atoms with van der Waals surface area (Å²) in [5, 5.41) is 10.9. The zero-order valence-electron chi connectivity index (χ0n) is 22.0. The number of aliphatic hydroxyl groups excluding tert-OH is 1. The SMILES string of the molecule is CN(C(=O)C1CCCN1C(=O)C(N=C(c1ccccc1)c1ccccc1)C(C)(C)CO)c1ccc(Cl)cc1. The van der Waals surface area contributed by atoms with Crippen molar-refractivity contribution in [1.82, 2.24) is 4.90 Å². The molecule has 0 saturated carbocycles. The smallest absolute Gasteiger partial charge is 0.249 e. The number of likely N-dealkylation sites (N-methyl/N-ethyl adjacent to an activating group) is 1. The van der Waals surface area contributed by atoms with Gasteiger partial charge in [0.1, 0.15) is 12.1 Å². The van der Waals surface area contributed by atoms with Gasteiger partial charge in [0.25, 0.3) is 0 Å². The third-order valence-corrected chi connectivity index (χ3v) is 7.35. The maximum atomic E-state index is 14.2. The summed E-state index contributed by atoms with van der Waals surface area (Å²) in [5.41, 5.74) is 2.28. The zero-order valence-corrected chi connectivity index (χ0v) is 22.8. The van der Waals surface area contributed by atoms with E-state index in [4.69, 9.17) is 16.6 Å². The van der Waals surface area contributed by atoms with Crippen molar-refractivity contribution in [1.29, 1.82) is 0 Å². The fraction of sp³-hybridized carbons (Fsp3) is 0.323. The van der Waals surface area contributed by atoms with E-state index in [-0.39, 0.29) is 18.4 Å². The molecular formula is C31H34ClN3O3. The first-order valence-corrected chi connectivity index (χ1v) is 13.2. The molecule has 1 saturated heterocycles. The lowest BCUT2D eigenvalue weighted by Gasteiger charge is -2.35. The third kappa shape index (κ3) is 5.98. The highest BCUT2D eigenvalue weighted by molar-refractivity contribution is 6.30.